The second-order valence-electron chi connectivity index (χ2n) is 7.22. The maximum atomic E-state index is 10.4. The van der Waals surface area contributed by atoms with E-state index in [4.69, 9.17) is 14.1 Å². The number of allylic oxidation sites excluding steroid dienone is 5. The van der Waals surface area contributed by atoms with Crippen LogP contribution in [0.1, 0.15) is 53.4 Å². The summed E-state index contributed by atoms with van der Waals surface area (Å²) in [6.45, 7) is 8.88. The number of methoxy groups -OCH3 is 2. The zero-order valence-corrected chi connectivity index (χ0v) is 18.2. The molecule has 0 bridgehead atoms. The van der Waals surface area contributed by atoms with Gasteiger partial charge in [-0.15, -0.1) is 0 Å². The molecule has 0 aliphatic rings. The Kier molecular flexibility index (Phi) is 11.4. The fourth-order valence-corrected chi connectivity index (χ4v) is 2.83. The summed E-state index contributed by atoms with van der Waals surface area (Å²) in [6.07, 6.45) is 10.8. The largest absolute Gasteiger partial charge is 0.499 e. The molecule has 0 amide bonds. The minimum atomic E-state index is -1.10. The van der Waals surface area contributed by atoms with Crippen molar-refractivity contribution >= 4 is 12.6 Å². The third-order valence-electron chi connectivity index (χ3n) is 4.52. The first-order valence-corrected chi connectivity index (χ1v) is 9.84. The van der Waals surface area contributed by atoms with Crippen LogP contribution in [0.2, 0.25) is 0 Å². The molecule has 1 aromatic carbocycles. The predicted octanol–water partition coefficient (Wildman–Crippen LogP) is 4.83. The van der Waals surface area contributed by atoms with Crippen LogP contribution >= 0.6 is 0 Å². The second-order valence-corrected chi connectivity index (χ2v) is 7.22. The third-order valence-corrected chi connectivity index (χ3v) is 4.52. The van der Waals surface area contributed by atoms with Crippen molar-refractivity contribution in [3.63, 3.8) is 0 Å². The Hall–Kier alpha value is -1.98. The van der Waals surface area contributed by atoms with E-state index in [1.807, 2.05) is 12.1 Å². The van der Waals surface area contributed by atoms with Crippen molar-refractivity contribution in [2.24, 2.45) is 0 Å². The Morgan fingerprint density at radius 1 is 0.893 bits per heavy atom. The van der Waals surface area contributed by atoms with Crippen LogP contribution in [0.15, 0.2) is 53.1 Å². The van der Waals surface area contributed by atoms with E-state index in [1.54, 1.807) is 26.4 Å². The summed E-state index contributed by atoms with van der Waals surface area (Å²) in [5.41, 5.74) is 4.56. The maximum Gasteiger partial charge on any atom is 0.499 e. The summed E-state index contributed by atoms with van der Waals surface area (Å²) < 4.78 is 16.2. The van der Waals surface area contributed by atoms with Crippen LogP contribution in [0.3, 0.4) is 0 Å². The van der Waals surface area contributed by atoms with Crippen LogP contribution < -0.4 is 14.9 Å². The van der Waals surface area contributed by atoms with Gasteiger partial charge in [-0.1, -0.05) is 41.0 Å². The van der Waals surface area contributed by atoms with Gasteiger partial charge in [0.25, 0.3) is 0 Å². The number of hydrogen-bond acceptors (Lipinski definition) is 4. The number of benzene rings is 1. The van der Waals surface area contributed by atoms with E-state index in [0.29, 0.717) is 23.6 Å². The van der Waals surface area contributed by atoms with Gasteiger partial charge in [0.1, 0.15) is 11.5 Å². The summed E-state index contributed by atoms with van der Waals surface area (Å²) in [5, 5.41) is 10.4. The first-order chi connectivity index (χ1) is 13.4. The highest BCUT2D eigenvalue weighted by molar-refractivity contribution is 6.62. The molecule has 0 aromatic heterocycles. The molecule has 5 heteroatoms. The van der Waals surface area contributed by atoms with Crippen LogP contribution in [0.25, 0.3) is 0 Å². The third kappa shape index (κ3) is 8.81. The molecule has 0 atom stereocenters. The van der Waals surface area contributed by atoms with Crippen molar-refractivity contribution in [2.75, 3.05) is 20.8 Å². The lowest BCUT2D eigenvalue weighted by molar-refractivity contribution is 0.299. The van der Waals surface area contributed by atoms with Crippen LogP contribution in [-0.4, -0.2) is 33.0 Å². The van der Waals surface area contributed by atoms with Gasteiger partial charge >= 0.3 is 7.12 Å². The van der Waals surface area contributed by atoms with E-state index >= 15 is 0 Å². The quantitative estimate of drug-likeness (QED) is 0.413. The number of rotatable bonds is 12. The van der Waals surface area contributed by atoms with Gasteiger partial charge in [0.2, 0.25) is 0 Å². The van der Waals surface area contributed by atoms with Crippen molar-refractivity contribution in [1.82, 2.24) is 0 Å². The second kappa shape index (κ2) is 13.2. The molecule has 0 radical (unpaired) electrons. The van der Waals surface area contributed by atoms with Gasteiger partial charge < -0.3 is 19.2 Å². The molecule has 0 saturated carbocycles. The average Bonchev–Trinajstić information content (AvgIpc) is 2.66. The van der Waals surface area contributed by atoms with Gasteiger partial charge in [-0.2, -0.15) is 0 Å². The van der Waals surface area contributed by atoms with E-state index in [1.165, 1.54) is 16.7 Å². The fraction of sp³-hybridized carbons (Fsp3) is 0.478. The summed E-state index contributed by atoms with van der Waals surface area (Å²) in [4.78, 5) is 0. The van der Waals surface area contributed by atoms with Crippen LogP contribution in [0, 0.1) is 0 Å². The maximum absolute atomic E-state index is 10.4. The highest BCUT2D eigenvalue weighted by Gasteiger charge is 2.25. The molecule has 28 heavy (non-hydrogen) atoms. The van der Waals surface area contributed by atoms with E-state index in [0.717, 1.165) is 25.7 Å². The normalized spacial score (nSPS) is 12.0. The van der Waals surface area contributed by atoms with Crippen molar-refractivity contribution in [3.05, 3.63) is 53.1 Å². The Labute approximate surface area is 171 Å². The highest BCUT2D eigenvalue weighted by atomic mass is 16.5. The molecular formula is C23H35BO4. The van der Waals surface area contributed by atoms with Crippen LogP contribution in [0.4, 0.5) is 0 Å². The average molecular weight is 386 g/mol. The standard InChI is InChI=1S/C23H35BO4/c1-18(2)10-7-11-19(3)12-8-13-20(4)16-17-28-24(25)23-21(26-5)14-9-15-22(23)27-6/h9-10,12,14-16,25H,7-8,11,13,17H2,1-6H3. The lowest BCUT2D eigenvalue weighted by atomic mass is 9.78. The molecule has 0 saturated heterocycles. The molecular weight excluding hydrogens is 351 g/mol. The van der Waals surface area contributed by atoms with E-state index < -0.39 is 7.12 Å². The molecule has 0 aliphatic heterocycles. The molecule has 4 nitrogen and oxygen atoms in total. The molecule has 0 unspecified atom stereocenters. The summed E-state index contributed by atoms with van der Waals surface area (Å²) in [6, 6.07) is 5.36. The van der Waals surface area contributed by atoms with Crippen molar-refractivity contribution in [3.8, 4) is 11.5 Å². The first-order valence-electron chi connectivity index (χ1n) is 9.84. The molecule has 1 aromatic rings. The number of ether oxygens (including phenoxy) is 2. The molecule has 0 aliphatic carbocycles. The summed E-state index contributed by atoms with van der Waals surface area (Å²) in [7, 11) is 2.02. The van der Waals surface area contributed by atoms with E-state index in [2.05, 4.69) is 39.8 Å². The fourth-order valence-electron chi connectivity index (χ4n) is 2.83. The molecule has 1 rings (SSSR count). The van der Waals surface area contributed by atoms with Crippen molar-refractivity contribution < 1.29 is 19.2 Å². The first kappa shape index (κ1) is 24.1. The van der Waals surface area contributed by atoms with Gasteiger partial charge in [-0.05, 0) is 65.5 Å². The molecule has 154 valence electrons. The van der Waals surface area contributed by atoms with E-state index in [-0.39, 0.29) is 0 Å². The smallest absolute Gasteiger partial charge is 0.497 e. The highest BCUT2D eigenvalue weighted by Crippen LogP contribution is 2.17. The number of hydrogen-bond donors (Lipinski definition) is 1. The Bertz CT molecular complexity index is 666. The van der Waals surface area contributed by atoms with Gasteiger partial charge in [0, 0.05) is 0 Å². The topological polar surface area (TPSA) is 47.9 Å². The lowest BCUT2D eigenvalue weighted by Crippen LogP contribution is -2.36. The minimum Gasteiger partial charge on any atom is -0.497 e. The van der Waals surface area contributed by atoms with Gasteiger partial charge in [-0.3, -0.25) is 0 Å². The zero-order chi connectivity index (χ0) is 20.9. The summed E-state index contributed by atoms with van der Waals surface area (Å²) >= 11 is 0. The van der Waals surface area contributed by atoms with E-state index in [9.17, 15) is 5.02 Å². The van der Waals surface area contributed by atoms with Crippen LogP contribution in [0.5, 0.6) is 11.5 Å². The molecule has 0 spiro atoms. The monoisotopic (exact) mass is 386 g/mol. The minimum absolute atomic E-state index is 0.331. The Morgan fingerprint density at radius 2 is 1.43 bits per heavy atom. The van der Waals surface area contributed by atoms with Gasteiger partial charge in [0.15, 0.2) is 0 Å². The van der Waals surface area contributed by atoms with Crippen molar-refractivity contribution in [1.29, 1.82) is 0 Å². The molecule has 0 fully saturated rings. The Morgan fingerprint density at radius 3 is 1.96 bits per heavy atom. The molecule has 1 N–H and O–H groups in total. The molecule has 0 heterocycles. The van der Waals surface area contributed by atoms with Crippen molar-refractivity contribution in [2.45, 2.75) is 53.4 Å². The lowest BCUT2D eigenvalue weighted by Gasteiger charge is -2.15. The predicted molar refractivity (Wildman–Crippen MR) is 119 cm³/mol. The van der Waals surface area contributed by atoms with Gasteiger partial charge in [-0.25, -0.2) is 0 Å². The van der Waals surface area contributed by atoms with Gasteiger partial charge in [0.05, 0.1) is 26.3 Å². The van der Waals surface area contributed by atoms with Crippen LogP contribution in [-0.2, 0) is 4.65 Å². The Balaban J connectivity index is 2.49. The summed E-state index contributed by atoms with van der Waals surface area (Å²) in [5.74, 6) is 1.09. The zero-order valence-electron chi connectivity index (χ0n) is 18.2. The SMILES string of the molecule is COc1cccc(OC)c1B(O)OCC=C(C)CCC=C(C)CCC=C(C)C.